The van der Waals surface area contributed by atoms with Crippen LogP contribution in [0.3, 0.4) is 0 Å². The van der Waals surface area contributed by atoms with E-state index >= 15 is 0 Å². The molecule has 7 nitrogen and oxygen atoms in total. The highest BCUT2D eigenvalue weighted by Crippen LogP contribution is 2.40. The fourth-order valence-corrected chi connectivity index (χ4v) is 4.01. The summed E-state index contributed by atoms with van der Waals surface area (Å²) in [6, 6.07) is 11.8. The highest BCUT2D eigenvalue weighted by atomic mass is 19.4. The smallest absolute Gasteiger partial charge is 0.490 e. The van der Waals surface area contributed by atoms with Crippen LogP contribution < -0.4 is 5.62 Å². The molecule has 0 spiro atoms. The van der Waals surface area contributed by atoms with Gasteiger partial charge in [-0.3, -0.25) is 10.2 Å². The highest BCUT2D eigenvalue weighted by Gasteiger charge is 2.38. The van der Waals surface area contributed by atoms with Gasteiger partial charge in [0.1, 0.15) is 11.4 Å². The molecule has 0 saturated carbocycles. The number of hydrogen-bond acceptors (Lipinski definition) is 4. The number of carbonyl (C=O) groups excluding carboxylic acids is 1. The summed E-state index contributed by atoms with van der Waals surface area (Å²) in [5, 5.41) is 26.4. The van der Waals surface area contributed by atoms with Crippen molar-refractivity contribution >= 4 is 11.8 Å². The predicted molar refractivity (Wildman–Crippen MR) is 142 cm³/mol. The van der Waals surface area contributed by atoms with Gasteiger partial charge < -0.3 is 19.3 Å². The zero-order valence-electron chi connectivity index (χ0n) is 23.9. The predicted octanol–water partition coefficient (Wildman–Crippen LogP) is 6.65. The molecule has 42 heavy (non-hydrogen) atoms. The van der Waals surface area contributed by atoms with Crippen LogP contribution in [0.2, 0.25) is 0 Å². The van der Waals surface area contributed by atoms with E-state index in [0.717, 1.165) is 15.3 Å². The number of aliphatic carboxylic acids is 1. The van der Waals surface area contributed by atoms with Crippen molar-refractivity contribution in [2.45, 2.75) is 77.8 Å². The summed E-state index contributed by atoms with van der Waals surface area (Å²) in [7, 11) is 0. The van der Waals surface area contributed by atoms with E-state index < -0.39 is 52.8 Å². The number of ketones is 1. The summed E-state index contributed by atoms with van der Waals surface area (Å²) >= 11 is 0. The molecule has 1 heterocycles. The fourth-order valence-electron chi connectivity index (χ4n) is 4.01. The molecule has 0 amide bonds. The van der Waals surface area contributed by atoms with Crippen molar-refractivity contribution in [1.82, 2.24) is 9.13 Å². The number of halogens is 6. The number of aromatic hydroxyl groups is 1. The second-order valence-corrected chi connectivity index (χ2v) is 11.7. The molecule has 13 heteroatoms. The third-order valence-corrected chi connectivity index (χ3v) is 6.17. The minimum Gasteiger partial charge on any atom is -0.507 e. The number of benzene rings is 2. The fraction of sp³-hybridized carbons (Fsp3) is 0.414. The average Bonchev–Trinajstić information content (AvgIpc) is 3.13. The molecule has 0 aliphatic carbocycles. The van der Waals surface area contributed by atoms with Crippen LogP contribution in [0.5, 0.6) is 5.75 Å². The number of nitrogens with one attached hydrogen (secondary N) is 1. The van der Waals surface area contributed by atoms with Crippen molar-refractivity contribution in [1.29, 1.82) is 5.41 Å². The molecule has 2 aromatic carbocycles. The largest absolute Gasteiger partial charge is 0.507 e. The number of phenols is 1. The number of aromatic nitrogens is 2. The van der Waals surface area contributed by atoms with Gasteiger partial charge in [-0.25, -0.2) is 4.79 Å². The number of nitrogens with zero attached hydrogens (tertiary/aromatic N) is 2. The minimum absolute atomic E-state index is 0.115. The van der Waals surface area contributed by atoms with Gasteiger partial charge in [-0.1, -0.05) is 71.9 Å². The lowest BCUT2D eigenvalue weighted by atomic mass is 9.78. The number of imidazole rings is 1. The Kier molecular flexibility index (Phi) is 9.82. The van der Waals surface area contributed by atoms with E-state index in [9.17, 15) is 36.2 Å². The number of Topliss-reactive ketones (excluding diaryl/α,β-unsaturated/α-hetero) is 1. The van der Waals surface area contributed by atoms with Crippen LogP contribution in [0.4, 0.5) is 26.3 Å². The van der Waals surface area contributed by atoms with Crippen LogP contribution >= 0.6 is 0 Å². The lowest BCUT2D eigenvalue weighted by Gasteiger charge is -2.28. The van der Waals surface area contributed by atoms with Gasteiger partial charge >= 0.3 is 18.3 Å². The topological polar surface area (TPSA) is 108 Å². The molecule has 0 radical (unpaired) electrons. The van der Waals surface area contributed by atoms with Gasteiger partial charge in [0.05, 0.1) is 13.1 Å². The molecule has 0 bridgehead atoms. The Bertz CT molecular complexity index is 1450. The quantitative estimate of drug-likeness (QED) is 0.225. The molecule has 3 aromatic rings. The Morgan fingerprint density at radius 1 is 0.857 bits per heavy atom. The van der Waals surface area contributed by atoms with E-state index in [1.807, 2.05) is 41.5 Å². The Labute approximate surface area is 238 Å². The Morgan fingerprint density at radius 3 is 1.69 bits per heavy atom. The first-order valence-electron chi connectivity index (χ1n) is 12.6. The first-order chi connectivity index (χ1) is 18.9. The third-order valence-electron chi connectivity index (χ3n) is 6.17. The molecule has 0 fully saturated rings. The molecule has 1 aromatic heterocycles. The van der Waals surface area contributed by atoms with E-state index in [1.54, 1.807) is 42.5 Å². The van der Waals surface area contributed by atoms with Crippen LogP contribution in [0.25, 0.3) is 0 Å². The standard InChI is InChI=1S/C27H32F3N3O2.C2HF3O2/c1-25(2,3)19-12-18(13-20(23(19)35)26(4,5)6)21(34)15-32-16-22(27(28,29)30)33(24(32)31)14-17-10-8-7-9-11-17;3-2(4,5)1(6)7/h7-13,16,31,35H,14-15H2,1-6H3;(H,6,7). The van der Waals surface area contributed by atoms with Crippen LogP contribution in [0.15, 0.2) is 48.7 Å². The van der Waals surface area contributed by atoms with Crippen LogP contribution in [0, 0.1) is 5.41 Å². The number of alkyl halides is 6. The molecule has 3 rings (SSSR count). The van der Waals surface area contributed by atoms with E-state index in [2.05, 4.69) is 0 Å². The molecule has 0 aliphatic rings. The monoisotopic (exact) mass is 601 g/mol. The number of hydrogen-bond donors (Lipinski definition) is 3. The minimum atomic E-state index is -5.08. The van der Waals surface area contributed by atoms with Gasteiger partial charge in [-0.2, -0.15) is 26.3 Å². The summed E-state index contributed by atoms with van der Waals surface area (Å²) in [4.78, 5) is 22.2. The maximum absolute atomic E-state index is 13.8. The molecule has 230 valence electrons. The van der Waals surface area contributed by atoms with Crippen molar-refractivity contribution in [2.75, 3.05) is 0 Å². The maximum Gasteiger partial charge on any atom is 0.490 e. The van der Waals surface area contributed by atoms with Crippen molar-refractivity contribution in [2.24, 2.45) is 0 Å². The molecule has 0 aliphatic heterocycles. The zero-order valence-corrected chi connectivity index (χ0v) is 23.9. The van der Waals surface area contributed by atoms with Crippen molar-refractivity contribution in [3.63, 3.8) is 0 Å². The highest BCUT2D eigenvalue weighted by molar-refractivity contribution is 5.96. The Morgan fingerprint density at radius 2 is 1.31 bits per heavy atom. The zero-order chi connectivity index (χ0) is 32.4. The van der Waals surface area contributed by atoms with Gasteiger partial charge in [0, 0.05) is 22.9 Å². The summed E-state index contributed by atoms with van der Waals surface area (Å²) in [6.45, 7) is 10.9. The van der Waals surface area contributed by atoms with Crippen LogP contribution in [-0.2, 0) is 34.9 Å². The average molecular weight is 602 g/mol. The second-order valence-electron chi connectivity index (χ2n) is 11.7. The van der Waals surface area contributed by atoms with Crippen molar-refractivity contribution in [3.05, 3.63) is 82.2 Å². The van der Waals surface area contributed by atoms with Gasteiger partial charge in [-0.15, -0.1) is 0 Å². The van der Waals surface area contributed by atoms with Gasteiger partial charge in [-0.05, 0) is 28.5 Å². The SMILES string of the molecule is CC(C)(C)c1cc(C(=O)Cn2cc(C(F)(F)F)n(Cc3ccccc3)c2=N)cc(C(C)(C)C)c1O.O=C(O)C(F)(F)F. The Hall–Kier alpha value is -4.03. The van der Waals surface area contributed by atoms with Gasteiger partial charge in [0.25, 0.3) is 0 Å². The maximum atomic E-state index is 13.8. The molecule has 3 N–H and O–H groups in total. The lowest BCUT2D eigenvalue weighted by molar-refractivity contribution is -0.192. The first kappa shape index (κ1) is 34.2. The number of phenolic OH excluding ortho intramolecular Hbond substituents is 1. The summed E-state index contributed by atoms with van der Waals surface area (Å²) < 4.78 is 75.0. The summed E-state index contributed by atoms with van der Waals surface area (Å²) in [5.74, 6) is -3.08. The lowest BCUT2D eigenvalue weighted by Crippen LogP contribution is -2.29. The number of rotatable bonds is 5. The first-order valence-corrected chi connectivity index (χ1v) is 12.6. The van der Waals surface area contributed by atoms with E-state index in [1.165, 1.54) is 0 Å². The number of carboxylic acid groups (broad SMARTS) is 1. The third kappa shape index (κ3) is 8.49. The molecular weight excluding hydrogens is 568 g/mol. The van der Waals surface area contributed by atoms with Crippen molar-refractivity contribution < 1.29 is 46.1 Å². The number of carbonyl (C=O) groups is 2. The normalized spacial score (nSPS) is 12.5. The molecule has 0 atom stereocenters. The molecular formula is C29H33F6N3O4. The van der Waals surface area contributed by atoms with Crippen molar-refractivity contribution in [3.8, 4) is 5.75 Å². The van der Waals surface area contributed by atoms with E-state index in [4.69, 9.17) is 15.3 Å². The van der Waals surface area contributed by atoms with Crippen LogP contribution in [0.1, 0.15) is 74.3 Å². The van der Waals surface area contributed by atoms with Gasteiger partial charge in [0.2, 0.25) is 5.62 Å². The summed E-state index contributed by atoms with van der Waals surface area (Å²) in [5.41, 5.74) is -0.259. The number of carboxylic acids is 1. The van der Waals surface area contributed by atoms with E-state index in [0.29, 0.717) is 16.7 Å². The van der Waals surface area contributed by atoms with E-state index in [-0.39, 0.29) is 17.9 Å². The summed E-state index contributed by atoms with van der Waals surface area (Å²) in [6.07, 6.45) is -8.95. The van der Waals surface area contributed by atoms with Crippen LogP contribution in [-0.4, -0.2) is 37.3 Å². The second kappa shape index (κ2) is 12.1. The van der Waals surface area contributed by atoms with Gasteiger partial charge in [0.15, 0.2) is 5.78 Å². The molecule has 0 unspecified atom stereocenters. The molecule has 0 saturated heterocycles. The Balaban J connectivity index is 0.000000782.